The van der Waals surface area contributed by atoms with Crippen LogP contribution in [-0.2, 0) is 5.41 Å². The van der Waals surface area contributed by atoms with Crippen molar-refractivity contribution < 1.29 is 4.74 Å². The van der Waals surface area contributed by atoms with Crippen LogP contribution in [0.25, 0.3) is 5.57 Å². The summed E-state index contributed by atoms with van der Waals surface area (Å²) in [6, 6.07) is 47.0. The van der Waals surface area contributed by atoms with E-state index in [4.69, 9.17) is 4.74 Å². The molecule has 64 heavy (non-hydrogen) atoms. The number of rotatable bonds is 7. The minimum atomic E-state index is -0.257. The van der Waals surface area contributed by atoms with Crippen LogP contribution in [0.5, 0.6) is 5.75 Å². The second-order valence-electron chi connectivity index (χ2n) is 19.4. The van der Waals surface area contributed by atoms with Gasteiger partial charge in [0.05, 0.1) is 5.41 Å². The fourth-order valence-electron chi connectivity index (χ4n) is 13.5. The van der Waals surface area contributed by atoms with Crippen molar-refractivity contribution >= 4 is 22.6 Å². The summed E-state index contributed by atoms with van der Waals surface area (Å²) >= 11 is 0. The van der Waals surface area contributed by atoms with Gasteiger partial charge < -0.3 is 14.5 Å². The van der Waals surface area contributed by atoms with Gasteiger partial charge in [0.1, 0.15) is 11.9 Å². The third kappa shape index (κ3) is 5.92. The van der Waals surface area contributed by atoms with Gasteiger partial charge >= 0.3 is 0 Å². The predicted molar refractivity (Wildman–Crippen MR) is 263 cm³/mol. The Kier molecular flexibility index (Phi) is 9.21. The Hall–Kier alpha value is -6.32. The van der Waals surface area contributed by atoms with Crippen molar-refractivity contribution in [2.45, 2.75) is 99.5 Å². The SMILES string of the molecule is C1=CCCC(N2c3ccccc3C3C=C(c4ccc(N(C5=CCC6c7ccccc7OC6C5)c5ccc6c(c5)C(C5=CCCC=C5)(c5ccccc5)C5C=CCCC65)cc4)CCC32)=C1. The number of anilines is 3. The highest BCUT2D eigenvalue weighted by Crippen LogP contribution is 2.62. The van der Waals surface area contributed by atoms with E-state index in [1.165, 1.54) is 79.4 Å². The van der Waals surface area contributed by atoms with Crippen molar-refractivity contribution in [1.29, 1.82) is 0 Å². The molecule has 0 bridgehead atoms. The number of allylic oxidation sites excluding steroid dienone is 12. The van der Waals surface area contributed by atoms with Gasteiger partial charge in [-0.25, -0.2) is 0 Å². The Morgan fingerprint density at radius 2 is 1.52 bits per heavy atom. The standard InChI is InChI=1S/C61H56N2O/c1-4-16-43(17-5-1)61(44-18-6-2-7-19-44)55-25-13-10-22-49(55)50-35-33-47(39-56(50)61)62(48-34-36-53-52-24-12-15-27-59(52)64-60(53)40-48)46-31-28-41(29-32-46)42-30-37-58-54(38-42)51-23-11-14-26-57(51)63(58)45-20-8-3-9-21-45/h1,3-6,8,11-20,23-29,31-35,38-39,49,53-55,58,60H,2,7,9-10,21-22,30,36-37,40H2. The van der Waals surface area contributed by atoms with Crippen LogP contribution in [0.2, 0.25) is 0 Å². The van der Waals surface area contributed by atoms with Crippen molar-refractivity contribution in [3.63, 3.8) is 0 Å². The Balaban J connectivity index is 0.914. The maximum atomic E-state index is 6.77. The lowest BCUT2D eigenvalue weighted by Gasteiger charge is -2.41. The molecule has 0 radical (unpaired) electrons. The van der Waals surface area contributed by atoms with E-state index in [-0.39, 0.29) is 11.5 Å². The summed E-state index contributed by atoms with van der Waals surface area (Å²) in [6.45, 7) is 0. The van der Waals surface area contributed by atoms with Gasteiger partial charge in [-0.15, -0.1) is 0 Å². The molecule has 7 atom stereocenters. The van der Waals surface area contributed by atoms with Gasteiger partial charge in [-0.3, -0.25) is 0 Å². The molecule has 0 spiro atoms. The first-order valence-corrected chi connectivity index (χ1v) is 24.3. The molecule has 316 valence electrons. The first-order valence-electron chi connectivity index (χ1n) is 24.3. The number of nitrogens with zero attached hydrogens (tertiary/aromatic N) is 2. The molecule has 2 aliphatic heterocycles. The van der Waals surface area contributed by atoms with Gasteiger partial charge in [-0.05, 0) is 145 Å². The summed E-state index contributed by atoms with van der Waals surface area (Å²) < 4.78 is 6.77. The molecule has 0 amide bonds. The van der Waals surface area contributed by atoms with Gasteiger partial charge in [0.25, 0.3) is 0 Å². The van der Waals surface area contributed by atoms with Crippen molar-refractivity contribution in [2.75, 3.05) is 9.80 Å². The summed E-state index contributed by atoms with van der Waals surface area (Å²) in [5.41, 5.74) is 17.9. The molecule has 0 N–H and O–H groups in total. The van der Waals surface area contributed by atoms with Gasteiger partial charge in [0.2, 0.25) is 0 Å². The van der Waals surface area contributed by atoms with Crippen molar-refractivity contribution in [3.8, 4) is 5.75 Å². The maximum Gasteiger partial charge on any atom is 0.123 e. The first kappa shape index (κ1) is 38.2. The number of hydrogen-bond acceptors (Lipinski definition) is 3. The molecule has 3 nitrogen and oxygen atoms in total. The summed E-state index contributed by atoms with van der Waals surface area (Å²) in [5.74, 6) is 2.69. The highest BCUT2D eigenvalue weighted by molar-refractivity contribution is 5.78. The highest BCUT2D eigenvalue weighted by atomic mass is 16.5. The lowest BCUT2D eigenvalue weighted by Crippen LogP contribution is -2.36. The van der Waals surface area contributed by atoms with Gasteiger partial charge in [-0.1, -0.05) is 140 Å². The number of para-hydroxylation sites is 2. The molecule has 3 heteroatoms. The number of fused-ring (bicyclic) bond motifs is 9. The van der Waals surface area contributed by atoms with Crippen molar-refractivity contribution in [2.24, 2.45) is 5.92 Å². The molecule has 8 aliphatic rings. The fraction of sp³-hybridized carbons (Fsp3) is 0.279. The molecule has 0 fully saturated rings. The van der Waals surface area contributed by atoms with Crippen LogP contribution in [0, 0.1) is 5.92 Å². The molecule has 6 aliphatic carbocycles. The Morgan fingerprint density at radius 3 is 2.38 bits per heavy atom. The van der Waals surface area contributed by atoms with E-state index >= 15 is 0 Å². The lowest BCUT2D eigenvalue weighted by molar-refractivity contribution is 0.198. The molecule has 0 saturated heterocycles. The molecular formula is C61H56N2O. The lowest BCUT2D eigenvalue weighted by atomic mass is 9.61. The Morgan fingerprint density at radius 1 is 0.672 bits per heavy atom. The summed E-state index contributed by atoms with van der Waals surface area (Å²) in [7, 11) is 0. The highest BCUT2D eigenvalue weighted by Gasteiger charge is 2.54. The maximum absolute atomic E-state index is 6.77. The van der Waals surface area contributed by atoms with Gasteiger partial charge in [-0.2, -0.15) is 0 Å². The molecule has 2 heterocycles. The largest absolute Gasteiger partial charge is 0.489 e. The topological polar surface area (TPSA) is 15.7 Å². The van der Waals surface area contributed by atoms with Crippen molar-refractivity contribution in [1.82, 2.24) is 0 Å². The van der Waals surface area contributed by atoms with Crippen molar-refractivity contribution in [3.05, 3.63) is 232 Å². The number of ether oxygens (including phenoxy) is 1. The van der Waals surface area contributed by atoms with E-state index in [1.807, 2.05) is 0 Å². The molecule has 5 aromatic carbocycles. The van der Waals surface area contributed by atoms with Gasteiger partial charge in [0, 0.05) is 64.2 Å². The first-order chi connectivity index (χ1) is 31.7. The third-order valence-corrected chi connectivity index (χ3v) is 16.3. The summed E-state index contributed by atoms with van der Waals surface area (Å²) in [5, 5.41) is 0. The number of hydrogen-bond donors (Lipinski definition) is 0. The number of benzene rings is 5. The fourth-order valence-corrected chi connectivity index (χ4v) is 13.5. The molecule has 5 aromatic rings. The molecule has 0 aromatic heterocycles. The third-order valence-electron chi connectivity index (χ3n) is 16.3. The Labute approximate surface area is 379 Å². The average Bonchev–Trinajstić information content (AvgIpc) is 4.01. The van der Waals surface area contributed by atoms with E-state index in [0.717, 1.165) is 63.5 Å². The molecule has 13 rings (SSSR count). The molecule has 0 saturated carbocycles. The zero-order valence-corrected chi connectivity index (χ0v) is 36.7. The van der Waals surface area contributed by atoms with Crippen LogP contribution in [0.1, 0.15) is 115 Å². The minimum Gasteiger partial charge on any atom is -0.489 e. The van der Waals surface area contributed by atoms with Crippen LogP contribution in [0.3, 0.4) is 0 Å². The van der Waals surface area contributed by atoms with Gasteiger partial charge in [0.15, 0.2) is 0 Å². The molecular weight excluding hydrogens is 777 g/mol. The monoisotopic (exact) mass is 832 g/mol. The molecule has 7 unspecified atom stereocenters. The van der Waals surface area contributed by atoms with Crippen LogP contribution in [-0.4, -0.2) is 12.1 Å². The zero-order chi connectivity index (χ0) is 42.2. The van der Waals surface area contributed by atoms with E-state index in [1.54, 1.807) is 0 Å². The van der Waals surface area contributed by atoms with Crippen LogP contribution in [0.4, 0.5) is 17.1 Å². The predicted octanol–water partition coefficient (Wildman–Crippen LogP) is 15.1. The van der Waals surface area contributed by atoms with E-state index < -0.39 is 0 Å². The van der Waals surface area contributed by atoms with Crippen LogP contribution < -0.4 is 14.5 Å². The van der Waals surface area contributed by atoms with E-state index in [9.17, 15) is 0 Å². The van der Waals surface area contributed by atoms with Crippen LogP contribution in [0.15, 0.2) is 199 Å². The normalized spacial score (nSPS) is 28.0. The summed E-state index contributed by atoms with van der Waals surface area (Å²) in [4.78, 5) is 5.27. The average molecular weight is 833 g/mol. The second-order valence-corrected chi connectivity index (χ2v) is 19.4. The second kappa shape index (κ2) is 15.4. The zero-order valence-electron chi connectivity index (χ0n) is 36.7. The van der Waals surface area contributed by atoms with Crippen LogP contribution >= 0.6 is 0 Å². The quantitative estimate of drug-likeness (QED) is 0.152. The Bertz CT molecular complexity index is 2870. The minimum absolute atomic E-state index is 0.122. The summed E-state index contributed by atoms with van der Waals surface area (Å²) in [6.07, 6.45) is 35.5. The smallest absolute Gasteiger partial charge is 0.123 e. The van der Waals surface area contributed by atoms with E-state index in [0.29, 0.717) is 29.7 Å². The van der Waals surface area contributed by atoms with E-state index in [2.05, 4.69) is 192 Å².